The summed E-state index contributed by atoms with van der Waals surface area (Å²) in [6.45, 7) is 2.81. The van der Waals surface area contributed by atoms with Gasteiger partial charge in [0.05, 0.1) is 13.7 Å². The number of hydrogen-bond acceptors (Lipinski definition) is 4. The molecule has 3 amide bonds. The highest BCUT2D eigenvalue weighted by molar-refractivity contribution is 5.89. The zero-order chi connectivity index (χ0) is 18.7. The molecule has 0 unspecified atom stereocenters. The van der Waals surface area contributed by atoms with Crippen LogP contribution in [0.25, 0.3) is 0 Å². The second kappa shape index (κ2) is 7.95. The van der Waals surface area contributed by atoms with Crippen molar-refractivity contribution in [3.05, 3.63) is 24.3 Å². The van der Waals surface area contributed by atoms with Gasteiger partial charge in [-0.05, 0) is 43.0 Å². The van der Waals surface area contributed by atoms with E-state index in [1.54, 1.807) is 26.1 Å². The van der Waals surface area contributed by atoms with Crippen molar-refractivity contribution in [2.75, 3.05) is 52.7 Å². The Labute approximate surface area is 154 Å². The zero-order valence-electron chi connectivity index (χ0n) is 15.8. The molecule has 26 heavy (non-hydrogen) atoms. The molecule has 0 saturated carbocycles. The molecule has 3 fully saturated rings. The van der Waals surface area contributed by atoms with Crippen LogP contribution in [-0.2, 0) is 4.79 Å². The molecule has 2 atom stereocenters. The Morgan fingerprint density at radius 2 is 1.88 bits per heavy atom. The monoisotopic (exact) mass is 360 g/mol. The number of rotatable bonds is 4. The molecule has 0 aromatic heterocycles. The number of nitrogens with zero attached hydrogens (tertiary/aromatic N) is 3. The lowest BCUT2D eigenvalue weighted by Crippen LogP contribution is -2.49. The van der Waals surface area contributed by atoms with E-state index in [0.717, 1.165) is 43.9 Å². The van der Waals surface area contributed by atoms with Crippen molar-refractivity contribution >= 4 is 17.6 Å². The molecule has 3 aliphatic heterocycles. The number of benzene rings is 1. The molecule has 1 N–H and O–H groups in total. The lowest BCUT2D eigenvalue weighted by molar-refractivity contribution is -0.129. The Hall–Kier alpha value is -2.28. The van der Waals surface area contributed by atoms with Crippen molar-refractivity contribution in [3.63, 3.8) is 0 Å². The first-order valence-electron chi connectivity index (χ1n) is 9.10. The highest BCUT2D eigenvalue weighted by atomic mass is 16.5. The molecule has 3 saturated heterocycles. The largest absolute Gasteiger partial charge is 0.497 e. The molecule has 7 nitrogen and oxygen atoms in total. The molecule has 0 spiro atoms. The number of methoxy groups -OCH3 is 1. The number of carbonyl (C=O) groups is 2. The Balaban J connectivity index is 1.63. The van der Waals surface area contributed by atoms with Crippen molar-refractivity contribution in [1.82, 2.24) is 14.7 Å². The molecule has 1 aromatic rings. The van der Waals surface area contributed by atoms with Gasteiger partial charge in [0.25, 0.3) is 0 Å². The number of carbonyl (C=O) groups excluding carboxylic acids is 2. The van der Waals surface area contributed by atoms with Crippen LogP contribution < -0.4 is 10.1 Å². The second-order valence-corrected chi connectivity index (χ2v) is 7.39. The summed E-state index contributed by atoms with van der Waals surface area (Å²) in [5, 5.41) is 2.99. The fourth-order valence-corrected chi connectivity index (χ4v) is 3.76. The molecule has 142 valence electrons. The van der Waals surface area contributed by atoms with Gasteiger partial charge in [0, 0.05) is 45.5 Å². The number of piperidine rings is 1. The average Bonchev–Trinajstić information content (AvgIpc) is 2.92. The van der Waals surface area contributed by atoms with E-state index in [0.29, 0.717) is 12.5 Å². The summed E-state index contributed by atoms with van der Waals surface area (Å²) < 4.78 is 5.15. The number of likely N-dealkylation sites (N-methyl/N-ethyl adjacent to an activating group) is 1. The molecule has 2 bridgehead atoms. The van der Waals surface area contributed by atoms with Crippen LogP contribution in [-0.4, -0.2) is 80.1 Å². The van der Waals surface area contributed by atoms with Crippen LogP contribution in [0.3, 0.4) is 0 Å². The maximum atomic E-state index is 12.8. The number of fused-ring (bicyclic) bond motifs is 4. The molecule has 3 heterocycles. The third-order valence-electron chi connectivity index (χ3n) is 5.25. The van der Waals surface area contributed by atoms with E-state index in [1.807, 2.05) is 29.2 Å². The minimum Gasteiger partial charge on any atom is -0.497 e. The molecular weight excluding hydrogens is 332 g/mol. The van der Waals surface area contributed by atoms with E-state index in [-0.39, 0.29) is 18.0 Å². The number of nitrogens with one attached hydrogen (secondary N) is 1. The van der Waals surface area contributed by atoms with Gasteiger partial charge in [-0.25, -0.2) is 4.79 Å². The Morgan fingerprint density at radius 1 is 1.15 bits per heavy atom. The van der Waals surface area contributed by atoms with Gasteiger partial charge in [-0.15, -0.1) is 0 Å². The van der Waals surface area contributed by atoms with Gasteiger partial charge in [0.1, 0.15) is 5.75 Å². The smallest absolute Gasteiger partial charge is 0.322 e. The Bertz CT molecular complexity index is 647. The van der Waals surface area contributed by atoms with Crippen LogP contribution in [0.1, 0.15) is 12.8 Å². The van der Waals surface area contributed by atoms with Gasteiger partial charge in [-0.1, -0.05) is 0 Å². The van der Waals surface area contributed by atoms with Crippen LogP contribution in [0.15, 0.2) is 24.3 Å². The standard InChI is InChI=1S/C19H28N4O3/c1-21(2)18(24)13-22-10-14-4-7-16(12-22)23(11-14)19(25)20-15-5-8-17(26-3)9-6-15/h5-6,8-9,14,16H,4,7,10-13H2,1-3H3,(H,20,25)/t14-,16+/m1/s1. The molecule has 0 aliphatic carbocycles. The Kier molecular flexibility index (Phi) is 5.66. The molecule has 1 aromatic carbocycles. The van der Waals surface area contributed by atoms with Crippen molar-refractivity contribution in [3.8, 4) is 5.75 Å². The summed E-state index contributed by atoms with van der Waals surface area (Å²) in [6, 6.07) is 7.44. The van der Waals surface area contributed by atoms with Gasteiger partial charge in [0.15, 0.2) is 0 Å². The van der Waals surface area contributed by atoms with Crippen LogP contribution in [0.4, 0.5) is 10.5 Å². The number of amides is 3. The quantitative estimate of drug-likeness (QED) is 0.888. The van der Waals surface area contributed by atoms with Crippen molar-refractivity contribution < 1.29 is 14.3 Å². The van der Waals surface area contributed by atoms with E-state index in [9.17, 15) is 9.59 Å². The van der Waals surface area contributed by atoms with E-state index < -0.39 is 0 Å². The van der Waals surface area contributed by atoms with E-state index >= 15 is 0 Å². The highest BCUT2D eigenvalue weighted by Gasteiger charge is 2.37. The van der Waals surface area contributed by atoms with Gasteiger partial charge < -0.3 is 19.9 Å². The number of urea groups is 1. The van der Waals surface area contributed by atoms with Gasteiger partial charge in [0.2, 0.25) is 5.91 Å². The minimum atomic E-state index is -0.0642. The predicted molar refractivity (Wildman–Crippen MR) is 100 cm³/mol. The maximum absolute atomic E-state index is 12.8. The number of hydrogen-bond donors (Lipinski definition) is 1. The fourth-order valence-electron chi connectivity index (χ4n) is 3.76. The average molecular weight is 360 g/mol. The number of ether oxygens (including phenoxy) is 1. The third kappa shape index (κ3) is 4.27. The molecule has 7 heteroatoms. The van der Waals surface area contributed by atoms with Crippen molar-refractivity contribution in [2.24, 2.45) is 5.92 Å². The molecule has 4 rings (SSSR count). The van der Waals surface area contributed by atoms with E-state index in [4.69, 9.17) is 4.74 Å². The first-order chi connectivity index (χ1) is 12.5. The van der Waals surface area contributed by atoms with Crippen LogP contribution in [0.5, 0.6) is 5.75 Å². The van der Waals surface area contributed by atoms with Crippen molar-refractivity contribution in [1.29, 1.82) is 0 Å². The van der Waals surface area contributed by atoms with Gasteiger partial charge >= 0.3 is 6.03 Å². The SMILES string of the molecule is COc1ccc(NC(=O)N2C[C@@H]3CC[C@H]2CN(CC(=O)N(C)C)C3)cc1. The van der Waals surface area contributed by atoms with Gasteiger partial charge in [-0.2, -0.15) is 0 Å². The van der Waals surface area contributed by atoms with Crippen molar-refractivity contribution in [2.45, 2.75) is 18.9 Å². The van der Waals surface area contributed by atoms with Crippen LogP contribution in [0.2, 0.25) is 0 Å². The summed E-state index contributed by atoms with van der Waals surface area (Å²) in [7, 11) is 5.18. The summed E-state index contributed by atoms with van der Waals surface area (Å²) in [4.78, 5) is 30.6. The maximum Gasteiger partial charge on any atom is 0.322 e. The van der Waals surface area contributed by atoms with E-state index in [1.165, 1.54) is 0 Å². The zero-order valence-corrected chi connectivity index (χ0v) is 15.8. The molecule has 0 radical (unpaired) electrons. The normalized spacial score (nSPS) is 22.7. The first-order valence-corrected chi connectivity index (χ1v) is 9.10. The lowest BCUT2D eigenvalue weighted by Gasteiger charge is -2.36. The predicted octanol–water partition coefficient (Wildman–Crippen LogP) is 1.71. The van der Waals surface area contributed by atoms with Crippen LogP contribution >= 0.6 is 0 Å². The summed E-state index contributed by atoms with van der Waals surface area (Å²) in [6.07, 6.45) is 2.11. The molecule has 3 aliphatic rings. The third-order valence-corrected chi connectivity index (χ3v) is 5.25. The lowest BCUT2D eigenvalue weighted by atomic mass is 9.95. The second-order valence-electron chi connectivity index (χ2n) is 7.39. The Morgan fingerprint density at radius 3 is 2.54 bits per heavy atom. The van der Waals surface area contributed by atoms with E-state index in [2.05, 4.69) is 10.2 Å². The fraction of sp³-hybridized carbons (Fsp3) is 0.579. The molecular formula is C19H28N4O3. The highest BCUT2D eigenvalue weighted by Crippen LogP contribution is 2.28. The van der Waals surface area contributed by atoms with Gasteiger partial charge in [-0.3, -0.25) is 9.69 Å². The number of anilines is 1. The van der Waals surface area contributed by atoms with Crippen LogP contribution in [0, 0.1) is 5.92 Å². The minimum absolute atomic E-state index is 0.0642. The topological polar surface area (TPSA) is 65.1 Å². The summed E-state index contributed by atoms with van der Waals surface area (Å²) in [5.41, 5.74) is 0.760. The summed E-state index contributed by atoms with van der Waals surface area (Å²) in [5.74, 6) is 1.30. The first kappa shape index (κ1) is 18.5. The summed E-state index contributed by atoms with van der Waals surface area (Å²) >= 11 is 0.